The Hall–Kier alpha value is -1.26. The summed E-state index contributed by atoms with van der Waals surface area (Å²) in [5.41, 5.74) is 1.70. The molecule has 2 heterocycles. The number of halogens is 1. The lowest BCUT2D eigenvalue weighted by atomic mass is 10.2. The zero-order valence-electron chi connectivity index (χ0n) is 7.90. The van der Waals surface area contributed by atoms with Gasteiger partial charge in [-0.25, -0.2) is 9.97 Å². The van der Waals surface area contributed by atoms with Gasteiger partial charge in [0, 0.05) is 11.6 Å². The molecule has 0 fully saturated rings. The first-order valence-corrected chi connectivity index (χ1v) is 5.49. The molecule has 76 valence electrons. The number of nitrogens with zero attached hydrogens (tertiary/aromatic N) is 2. The fraction of sp³-hybridized carbons (Fsp3) is 0.100. The van der Waals surface area contributed by atoms with E-state index in [1.165, 1.54) is 11.3 Å². The van der Waals surface area contributed by atoms with E-state index in [0.29, 0.717) is 11.3 Å². The Morgan fingerprint density at radius 1 is 1.53 bits per heavy atom. The summed E-state index contributed by atoms with van der Waals surface area (Å²) in [5, 5.41) is 2.51. The van der Waals surface area contributed by atoms with Gasteiger partial charge in [0.25, 0.3) is 0 Å². The molecule has 3 nitrogen and oxygen atoms in total. The molecule has 0 aromatic carbocycles. The minimum Gasteiger partial charge on any atom is -0.294 e. The third-order valence-electron chi connectivity index (χ3n) is 1.90. The molecular formula is C10H7ClN2OS. The summed E-state index contributed by atoms with van der Waals surface area (Å²) in [4.78, 5) is 19.5. The smallest absolute Gasteiger partial charge is 0.193 e. The second-order valence-electron chi connectivity index (χ2n) is 3.01. The van der Waals surface area contributed by atoms with Gasteiger partial charge >= 0.3 is 0 Å². The summed E-state index contributed by atoms with van der Waals surface area (Å²) in [6.45, 7) is 1.90. The van der Waals surface area contributed by atoms with Crippen LogP contribution in [0.15, 0.2) is 17.6 Å². The van der Waals surface area contributed by atoms with Crippen LogP contribution < -0.4 is 0 Å². The topological polar surface area (TPSA) is 42.9 Å². The third-order valence-corrected chi connectivity index (χ3v) is 3.18. The van der Waals surface area contributed by atoms with Crippen molar-refractivity contribution in [1.82, 2.24) is 9.97 Å². The van der Waals surface area contributed by atoms with Crippen molar-refractivity contribution >= 4 is 29.2 Å². The highest BCUT2D eigenvalue weighted by molar-refractivity contribution is 7.14. The van der Waals surface area contributed by atoms with E-state index >= 15 is 0 Å². The molecule has 0 saturated carbocycles. The van der Waals surface area contributed by atoms with Gasteiger partial charge in [0.2, 0.25) is 0 Å². The van der Waals surface area contributed by atoms with Gasteiger partial charge in [0.15, 0.2) is 12.1 Å². The van der Waals surface area contributed by atoms with Gasteiger partial charge in [-0.3, -0.25) is 4.79 Å². The van der Waals surface area contributed by atoms with E-state index < -0.39 is 0 Å². The summed E-state index contributed by atoms with van der Waals surface area (Å²) in [6.07, 6.45) is 2.28. The SMILES string of the molecule is Cc1cnc(C=O)nc1-c1cc(Cl)cs1. The normalized spacial score (nSPS) is 10.3. The van der Waals surface area contributed by atoms with Crippen LogP contribution in [0.4, 0.5) is 0 Å². The molecule has 0 bridgehead atoms. The van der Waals surface area contributed by atoms with Crippen molar-refractivity contribution in [3.8, 4) is 10.6 Å². The molecule has 2 aromatic heterocycles. The van der Waals surface area contributed by atoms with Crippen molar-refractivity contribution < 1.29 is 4.79 Å². The van der Waals surface area contributed by atoms with E-state index in [-0.39, 0.29) is 5.82 Å². The monoisotopic (exact) mass is 238 g/mol. The average molecular weight is 239 g/mol. The lowest BCUT2D eigenvalue weighted by Gasteiger charge is -2.01. The predicted octanol–water partition coefficient (Wildman–Crippen LogP) is 2.98. The highest BCUT2D eigenvalue weighted by Gasteiger charge is 2.08. The van der Waals surface area contributed by atoms with Gasteiger partial charge in [-0.05, 0) is 18.6 Å². The quantitative estimate of drug-likeness (QED) is 0.756. The number of rotatable bonds is 2. The highest BCUT2D eigenvalue weighted by Crippen LogP contribution is 2.29. The standard InChI is InChI=1S/C10H7ClN2OS/c1-6-3-12-9(4-14)13-10(6)8-2-7(11)5-15-8/h2-5H,1H3. The van der Waals surface area contributed by atoms with Crippen LogP contribution in [-0.2, 0) is 0 Å². The summed E-state index contributed by atoms with van der Waals surface area (Å²) in [5.74, 6) is 0.195. The van der Waals surface area contributed by atoms with E-state index in [2.05, 4.69) is 9.97 Å². The van der Waals surface area contributed by atoms with Gasteiger partial charge in [0.1, 0.15) is 0 Å². The maximum atomic E-state index is 10.6. The second-order valence-corrected chi connectivity index (χ2v) is 4.35. The number of thiophene rings is 1. The maximum Gasteiger partial charge on any atom is 0.193 e. The molecule has 0 unspecified atom stereocenters. The van der Waals surface area contributed by atoms with E-state index in [1.54, 1.807) is 6.20 Å². The summed E-state index contributed by atoms with van der Waals surface area (Å²) < 4.78 is 0. The summed E-state index contributed by atoms with van der Waals surface area (Å²) in [7, 11) is 0. The zero-order chi connectivity index (χ0) is 10.8. The molecule has 0 aliphatic carbocycles. The molecule has 0 aliphatic heterocycles. The number of carbonyl (C=O) groups is 1. The van der Waals surface area contributed by atoms with Crippen molar-refractivity contribution in [3.63, 3.8) is 0 Å². The van der Waals surface area contributed by atoms with E-state index in [4.69, 9.17) is 11.6 Å². The molecule has 0 aliphatic rings. The van der Waals surface area contributed by atoms with Crippen LogP contribution in [0.25, 0.3) is 10.6 Å². The molecule has 0 saturated heterocycles. The fourth-order valence-corrected chi connectivity index (χ4v) is 2.33. The second kappa shape index (κ2) is 4.08. The minimum absolute atomic E-state index is 0.195. The number of hydrogen-bond donors (Lipinski definition) is 0. The molecule has 0 atom stereocenters. The Balaban J connectivity index is 2.55. The largest absolute Gasteiger partial charge is 0.294 e. The van der Waals surface area contributed by atoms with Gasteiger partial charge in [-0.15, -0.1) is 11.3 Å². The van der Waals surface area contributed by atoms with Crippen molar-refractivity contribution in [1.29, 1.82) is 0 Å². The number of hydrogen-bond acceptors (Lipinski definition) is 4. The van der Waals surface area contributed by atoms with Crippen LogP contribution in [0.1, 0.15) is 16.2 Å². The summed E-state index contributed by atoms with van der Waals surface area (Å²) in [6, 6.07) is 1.83. The first kappa shape index (κ1) is 10.3. The Morgan fingerprint density at radius 2 is 2.33 bits per heavy atom. The first-order chi connectivity index (χ1) is 7.20. The van der Waals surface area contributed by atoms with Gasteiger partial charge in [0.05, 0.1) is 15.6 Å². The molecular weight excluding hydrogens is 232 g/mol. The number of aromatic nitrogens is 2. The van der Waals surface area contributed by atoms with Crippen molar-refractivity contribution in [2.75, 3.05) is 0 Å². The number of aryl methyl sites for hydroxylation is 1. The van der Waals surface area contributed by atoms with Crippen LogP contribution in [0.2, 0.25) is 5.02 Å². The number of aldehydes is 1. The third kappa shape index (κ3) is 2.06. The van der Waals surface area contributed by atoms with Gasteiger partial charge in [-0.1, -0.05) is 11.6 Å². The molecule has 0 amide bonds. The average Bonchev–Trinajstić information content (AvgIpc) is 2.65. The number of carbonyl (C=O) groups excluding carboxylic acids is 1. The lowest BCUT2D eigenvalue weighted by Crippen LogP contribution is -1.96. The Bertz CT molecular complexity index is 510. The molecule has 0 N–H and O–H groups in total. The fourth-order valence-electron chi connectivity index (χ4n) is 1.20. The molecule has 2 rings (SSSR count). The molecule has 5 heteroatoms. The molecule has 15 heavy (non-hydrogen) atoms. The van der Waals surface area contributed by atoms with Crippen molar-refractivity contribution in [2.24, 2.45) is 0 Å². The van der Waals surface area contributed by atoms with Crippen LogP contribution in [-0.4, -0.2) is 16.3 Å². The van der Waals surface area contributed by atoms with Crippen molar-refractivity contribution in [2.45, 2.75) is 6.92 Å². The molecule has 0 spiro atoms. The first-order valence-electron chi connectivity index (χ1n) is 4.24. The highest BCUT2D eigenvalue weighted by atomic mass is 35.5. The van der Waals surface area contributed by atoms with E-state index in [1.807, 2.05) is 18.4 Å². The Kier molecular flexibility index (Phi) is 2.79. The zero-order valence-corrected chi connectivity index (χ0v) is 9.47. The van der Waals surface area contributed by atoms with Crippen LogP contribution in [0.3, 0.4) is 0 Å². The lowest BCUT2D eigenvalue weighted by molar-refractivity contribution is 0.111. The van der Waals surface area contributed by atoms with E-state index in [0.717, 1.165) is 16.1 Å². The maximum absolute atomic E-state index is 10.6. The summed E-state index contributed by atoms with van der Waals surface area (Å²) >= 11 is 7.33. The van der Waals surface area contributed by atoms with Gasteiger partial charge < -0.3 is 0 Å². The van der Waals surface area contributed by atoms with Crippen LogP contribution in [0.5, 0.6) is 0 Å². The Labute approximate surface area is 95.8 Å². The van der Waals surface area contributed by atoms with Crippen LogP contribution in [0, 0.1) is 6.92 Å². The molecule has 2 aromatic rings. The van der Waals surface area contributed by atoms with Crippen molar-refractivity contribution in [3.05, 3.63) is 34.1 Å². The molecule has 0 radical (unpaired) electrons. The predicted molar refractivity (Wildman–Crippen MR) is 60.5 cm³/mol. The van der Waals surface area contributed by atoms with E-state index in [9.17, 15) is 4.79 Å². The van der Waals surface area contributed by atoms with Gasteiger partial charge in [-0.2, -0.15) is 0 Å². The van der Waals surface area contributed by atoms with Crippen LogP contribution >= 0.6 is 22.9 Å². The Morgan fingerprint density at radius 3 is 2.93 bits per heavy atom. The minimum atomic E-state index is 0.195.